The highest BCUT2D eigenvalue weighted by molar-refractivity contribution is 7.92. The van der Waals surface area contributed by atoms with Crippen molar-refractivity contribution >= 4 is 27.3 Å². The number of nitrogens with one attached hydrogen (secondary N) is 1. The lowest BCUT2D eigenvalue weighted by molar-refractivity contribution is -0.384. The van der Waals surface area contributed by atoms with Gasteiger partial charge in [0.1, 0.15) is 6.54 Å². The molecule has 1 aromatic heterocycles. The van der Waals surface area contributed by atoms with E-state index < -0.39 is 27.4 Å². The Labute approximate surface area is 179 Å². The summed E-state index contributed by atoms with van der Waals surface area (Å²) in [6.07, 6.45) is 5.75. The van der Waals surface area contributed by atoms with Gasteiger partial charge < -0.3 is 9.88 Å². The molecule has 0 saturated heterocycles. The Morgan fingerprint density at radius 2 is 1.94 bits per heavy atom. The van der Waals surface area contributed by atoms with E-state index in [1.807, 2.05) is 4.57 Å². The number of carbonyl (C=O) groups excluding carboxylic acids is 1. The third kappa shape index (κ3) is 5.66. The quantitative estimate of drug-likeness (QED) is 0.291. The highest BCUT2D eigenvalue weighted by Crippen LogP contribution is 2.26. The Balaban J connectivity index is 1.78. The van der Waals surface area contributed by atoms with Gasteiger partial charge in [0.05, 0.1) is 21.8 Å². The van der Waals surface area contributed by atoms with Crippen LogP contribution in [0.4, 0.5) is 11.4 Å². The van der Waals surface area contributed by atoms with E-state index in [0.29, 0.717) is 19.5 Å². The second kappa shape index (κ2) is 9.85. The predicted molar refractivity (Wildman–Crippen MR) is 114 cm³/mol. The number of rotatable bonds is 10. The molecular formula is C20H21N5O5S. The number of benzene rings is 2. The number of aromatic nitrogens is 2. The molecule has 31 heavy (non-hydrogen) atoms. The molecule has 0 bridgehead atoms. The molecule has 11 heteroatoms. The molecule has 3 rings (SSSR count). The highest BCUT2D eigenvalue weighted by atomic mass is 32.2. The molecule has 0 saturated carbocycles. The van der Waals surface area contributed by atoms with Crippen LogP contribution in [-0.4, -0.2) is 41.9 Å². The van der Waals surface area contributed by atoms with E-state index in [1.165, 1.54) is 30.3 Å². The molecule has 0 spiro atoms. The zero-order chi connectivity index (χ0) is 22.3. The SMILES string of the molecule is O=C(CN(c1cccc([N+](=O)[O-])c1)S(=O)(=O)c1ccccc1)NCCCn1ccnc1. The summed E-state index contributed by atoms with van der Waals surface area (Å²) in [5, 5.41) is 13.8. The maximum absolute atomic E-state index is 13.2. The maximum Gasteiger partial charge on any atom is 0.271 e. The molecule has 0 aliphatic heterocycles. The summed E-state index contributed by atoms with van der Waals surface area (Å²) in [5.74, 6) is -0.517. The number of nitro groups is 1. The van der Waals surface area contributed by atoms with Gasteiger partial charge in [-0.05, 0) is 24.6 Å². The maximum atomic E-state index is 13.2. The topological polar surface area (TPSA) is 127 Å². The molecule has 1 amide bonds. The van der Waals surface area contributed by atoms with Crippen LogP contribution >= 0.6 is 0 Å². The van der Waals surface area contributed by atoms with E-state index >= 15 is 0 Å². The summed E-state index contributed by atoms with van der Waals surface area (Å²) in [4.78, 5) is 27.0. The van der Waals surface area contributed by atoms with Crippen LogP contribution in [-0.2, 0) is 21.4 Å². The van der Waals surface area contributed by atoms with Crippen LogP contribution in [0.15, 0.2) is 78.2 Å². The number of nitro benzene ring substituents is 1. The van der Waals surface area contributed by atoms with Crippen molar-refractivity contribution < 1.29 is 18.1 Å². The third-order valence-electron chi connectivity index (χ3n) is 4.42. The van der Waals surface area contributed by atoms with Gasteiger partial charge in [-0.25, -0.2) is 13.4 Å². The first-order chi connectivity index (χ1) is 14.9. The van der Waals surface area contributed by atoms with Gasteiger partial charge in [-0.1, -0.05) is 24.3 Å². The first-order valence-corrected chi connectivity index (χ1v) is 10.9. The van der Waals surface area contributed by atoms with Crippen LogP contribution in [0.2, 0.25) is 0 Å². The highest BCUT2D eigenvalue weighted by Gasteiger charge is 2.28. The fraction of sp³-hybridized carbons (Fsp3) is 0.200. The summed E-state index contributed by atoms with van der Waals surface area (Å²) in [5.41, 5.74) is -0.238. The standard InChI is InChI=1S/C20H21N5O5S/c26-20(22-10-5-12-23-13-11-21-16-23)15-24(17-6-4-7-18(14-17)25(27)28)31(29,30)19-8-2-1-3-9-19/h1-4,6-9,11,13-14,16H,5,10,12,15H2,(H,22,26). The van der Waals surface area contributed by atoms with Gasteiger partial charge in [0.2, 0.25) is 5.91 Å². The van der Waals surface area contributed by atoms with Crippen molar-refractivity contribution in [2.75, 3.05) is 17.4 Å². The molecule has 162 valence electrons. The third-order valence-corrected chi connectivity index (χ3v) is 6.21. The van der Waals surface area contributed by atoms with Gasteiger partial charge in [0.25, 0.3) is 15.7 Å². The molecule has 0 fully saturated rings. The molecule has 10 nitrogen and oxygen atoms in total. The van der Waals surface area contributed by atoms with Gasteiger partial charge >= 0.3 is 0 Å². The van der Waals surface area contributed by atoms with E-state index in [4.69, 9.17) is 0 Å². The average Bonchev–Trinajstić information content (AvgIpc) is 3.29. The first-order valence-electron chi connectivity index (χ1n) is 9.42. The van der Waals surface area contributed by atoms with Crippen LogP contribution in [0, 0.1) is 10.1 Å². The van der Waals surface area contributed by atoms with Gasteiger partial charge in [0, 0.05) is 37.6 Å². The van der Waals surface area contributed by atoms with Crippen LogP contribution in [0.1, 0.15) is 6.42 Å². The monoisotopic (exact) mass is 443 g/mol. The zero-order valence-corrected chi connectivity index (χ0v) is 17.3. The summed E-state index contributed by atoms with van der Waals surface area (Å²) in [6, 6.07) is 12.8. The lowest BCUT2D eigenvalue weighted by Gasteiger charge is -2.24. The van der Waals surface area contributed by atoms with Crippen LogP contribution in [0.25, 0.3) is 0 Å². The summed E-state index contributed by atoms with van der Waals surface area (Å²) < 4.78 is 29.1. The molecule has 1 N–H and O–H groups in total. The molecular weight excluding hydrogens is 422 g/mol. The minimum Gasteiger partial charge on any atom is -0.354 e. The summed E-state index contributed by atoms with van der Waals surface area (Å²) >= 11 is 0. The molecule has 0 radical (unpaired) electrons. The number of sulfonamides is 1. The zero-order valence-electron chi connectivity index (χ0n) is 16.5. The molecule has 1 heterocycles. The fourth-order valence-corrected chi connectivity index (χ4v) is 4.33. The Hall–Kier alpha value is -3.73. The van der Waals surface area contributed by atoms with Crippen molar-refractivity contribution in [1.82, 2.24) is 14.9 Å². The number of amides is 1. The number of anilines is 1. The van der Waals surface area contributed by atoms with Crippen molar-refractivity contribution in [1.29, 1.82) is 0 Å². The van der Waals surface area contributed by atoms with Gasteiger partial charge in [0.15, 0.2) is 0 Å². The van der Waals surface area contributed by atoms with Crippen molar-refractivity contribution in [3.8, 4) is 0 Å². The lowest BCUT2D eigenvalue weighted by Crippen LogP contribution is -2.41. The fourth-order valence-electron chi connectivity index (χ4n) is 2.89. The lowest BCUT2D eigenvalue weighted by atomic mass is 10.3. The smallest absolute Gasteiger partial charge is 0.271 e. The Morgan fingerprint density at radius 1 is 1.16 bits per heavy atom. The minimum absolute atomic E-state index is 0.0191. The second-order valence-corrected chi connectivity index (χ2v) is 8.47. The number of aryl methyl sites for hydroxylation is 1. The molecule has 2 aromatic carbocycles. The number of non-ortho nitro benzene ring substituents is 1. The summed E-state index contributed by atoms with van der Waals surface area (Å²) in [7, 11) is -4.12. The minimum atomic E-state index is -4.12. The van der Waals surface area contributed by atoms with Gasteiger partial charge in [-0.2, -0.15) is 0 Å². The predicted octanol–water partition coefficient (Wildman–Crippen LogP) is 2.19. The van der Waals surface area contributed by atoms with E-state index in [9.17, 15) is 23.3 Å². The Kier molecular flexibility index (Phi) is 6.98. The van der Waals surface area contributed by atoms with Crippen molar-refractivity contribution in [3.63, 3.8) is 0 Å². The van der Waals surface area contributed by atoms with Crippen molar-refractivity contribution in [3.05, 3.63) is 83.4 Å². The van der Waals surface area contributed by atoms with Gasteiger partial charge in [-0.15, -0.1) is 0 Å². The number of hydrogen-bond acceptors (Lipinski definition) is 6. The number of nitrogens with zero attached hydrogens (tertiary/aromatic N) is 4. The van der Waals surface area contributed by atoms with Crippen LogP contribution in [0.3, 0.4) is 0 Å². The average molecular weight is 443 g/mol. The van der Waals surface area contributed by atoms with Crippen LogP contribution in [0.5, 0.6) is 0 Å². The van der Waals surface area contributed by atoms with Crippen molar-refractivity contribution in [2.24, 2.45) is 0 Å². The molecule has 0 atom stereocenters. The number of imidazole rings is 1. The van der Waals surface area contributed by atoms with E-state index in [1.54, 1.807) is 36.9 Å². The molecule has 0 unspecified atom stereocenters. The Morgan fingerprint density at radius 3 is 2.61 bits per heavy atom. The molecule has 0 aliphatic carbocycles. The van der Waals surface area contributed by atoms with E-state index in [0.717, 1.165) is 10.4 Å². The number of carbonyl (C=O) groups is 1. The molecule has 0 aliphatic rings. The van der Waals surface area contributed by atoms with Crippen molar-refractivity contribution in [2.45, 2.75) is 17.9 Å². The number of hydrogen-bond donors (Lipinski definition) is 1. The van der Waals surface area contributed by atoms with E-state index in [2.05, 4.69) is 10.3 Å². The van der Waals surface area contributed by atoms with E-state index in [-0.39, 0.29) is 16.3 Å². The largest absolute Gasteiger partial charge is 0.354 e. The normalized spacial score (nSPS) is 11.1. The van der Waals surface area contributed by atoms with Crippen LogP contribution < -0.4 is 9.62 Å². The first kappa shape index (κ1) is 22.0. The summed E-state index contributed by atoms with van der Waals surface area (Å²) in [6.45, 7) is 0.478. The molecule has 3 aromatic rings. The second-order valence-electron chi connectivity index (χ2n) is 6.61. The van der Waals surface area contributed by atoms with Gasteiger partial charge in [-0.3, -0.25) is 19.2 Å². The Bertz CT molecular complexity index is 1130.